The maximum atomic E-state index is 5.34. The smallest absolute Gasteiger partial charge is 0.257 e. The third kappa shape index (κ3) is 2.43. The zero-order chi connectivity index (χ0) is 12.2. The molecular weight excluding hydrogens is 226 g/mol. The number of nitrogens with zero attached hydrogens (tertiary/aromatic N) is 2. The van der Waals surface area contributed by atoms with Crippen LogP contribution in [0.5, 0.6) is 0 Å². The summed E-state index contributed by atoms with van der Waals surface area (Å²) in [5, 5.41) is 7.59. The normalized spacial score (nSPS) is 20.6. The molecule has 94 valence electrons. The van der Waals surface area contributed by atoms with Gasteiger partial charge in [-0.1, -0.05) is 36.2 Å². The van der Waals surface area contributed by atoms with Gasteiger partial charge in [0.05, 0.1) is 6.04 Å². The Morgan fingerprint density at radius 1 is 1.11 bits per heavy atom. The number of benzene rings is 1. The van der Waals surface area contributed by atoms with Crippen LogP contribution in [0.2, 0.25) is 0 Å². The predicted octanol–water partition coefficient (Wildman–Crippen LogP) is 2.94. The first-order valence-electron chi connectivity index (χ1n) is 6.56. The van der Waals surface area contributed by atoms with Gasteiger partial charge in [-0.15, -0.1) is 0 Å². The van der Waals surface area contributed by atoms with Gasteiger partial charge in [0.15, 0.2) is 5.82 Å². The standard InChI is InChI=1S/C14H17N3O/c1-3-7-11(8-4-1)14-16-13(17-18-14)12-9-5-2-6-10-15-12/h1,3-4,7-8,12,15H,2,5-6,9-10H2/t12-/m0/s1. The summed E-state index contributed by atoms with van der Waals surface area (Å²) < 4.78 is 5.34. The Morgan fingerprint density at radius 2 is 2.00 bits per heavy atom. The molecule has 4 nitrogen and oxygen atoms in total. The molecule has 1 saturated heterocycles. The Kier molecular flexibility index (Phi) is 3.37. The molecule has 1 fully saturated rings. The van der Waals surface area contributed by atoms with Gasteiger partial charge in [0.1, 0.15) is 0 Å². The molecule has 2 aromatic rings. The highest BCUT2D eigenvalue weighted by molar-refractivity contribution is 5.52. The number of nitrogens with one attached hydrogen (secondary N) is 1. The summed E-state index contributed by atoms with van der Waals surface area (Å²) >= 11 is 0. The van der Waals surface area contributed by atoms with E-state index in [0.29, 0.717) is 5.89 Å². The van der Waals surface area contributed by atoms with Crippen LogP contribution in [-0.4, -0.2) is 16.7 Å². The summed E-state index contributed by atoms with van der Waals surface area (Å²) in [6.07, 6.45) is 4.84. The first kappa shape index (κ1) is 11.4. The summed E-state index contributed by atoms with van der Waals surface area (Å²) in [5.74, 6) is 1.40. The van der Waals surface area contributed by atoms with E-state index in [1.807, 2.05) is 30.3 Å². The highest BCUT2D eigenvalue weighted by Crippen LogP contribution is 2.23. The van der Waals surface area contributed by atoms with Gasteiger partial charge in [-0.25, -0.2) is 0 Å². The van der Waals surface area contributed by atoms with Crippen molar-refractivity contribution >= 4 is 0 Å². The van der Waals surface area contributed by atoms with Crippen molar-refractivity contribution in [2.75, 3.05) is 6.54 Å². The predicted molar refractivity (Wildman–Crippen MR) is 68.9 cm³/mol. The van der Waals surface area contributed by atoms with Crippen LogP contribution in [0.25, 0.3) is 11.5 Å². The maximum Gasteiger partial charge on any atom is 0.257 e. The van der Waals surface area contributed by atoms with E-state index in [4.69, 9.17) is 4.52 Å². The summed E-state index contributed by atoms with van der Waals surface area (Å²) in [7, 11) is 0. The highest BCUT2D eigenvalue weighted by Gasteiger charge is 2.19. The average molecular weight is 243 g/mol. The SMILES string of the molecule is c1ccc(-c2nc([C@@H]3CCCCCN3)no2)cc1. The number of aromatic nitrogens is 2. The van der Waals surface area contributed by atoms with Gasteiger partial charge >= 0.3 is 0 Å². The van der Waals surface area contributed by atoms with E-state index in [1.165, 1.54) is 19.3 Å². The molecule has 0 unspecified atom stereocenters. The van der Waals surface area contributed by atoms with Crippen LogP contribution in [0.4, 0.5) is 0 Å². The van der Waals surface area contributed by atoms with Gasteiger partial charge in [-0.3, -0.25) is 0 Å². The molecule has 0 bridgehead atoms. The molecule has 0 aliphatic carbocycles. The largest absolute Gasteiger partial charge is 0.334 e. The molecule has 0 spiro atoms. The third-order valence-electron chi connectivity index (χ3n) is 3.33. The van der Waals surface area contributed by atoms with Crippen LogP contribution >= 0.6 is 0 Å². The number of hydrogen-bond donors (Lipinski definition) is 1. The van der Waals surface area contributed by atoms with Crippen LogP contribution in [0, 0.1) is 0 Å². The molecular formula is C14H17N3O. The molecule has 0 amide bonds. The van der Waals surface area contributed by atoms with Crippen molar-refractivity contribution in [1.82, 2.24) is 15.5 Å². The number of rotatable bonds is 2. The van der Waals surface area contributed by atoms with Crippen molar-refractivity contribution in [3.8, 4) is 11.5 Å². The zero-order valence-corrected chi connectivity index (χ0v) is 10.3. The summed E-state index contributed by atoms with van der Waals surface area (Å²) in [5.41, 5.74) is 0.977. The van der Waals surface area contributed by atoms with Crippen LogP contribution in [0.1, 0.15) is 37.5 Å². The van der Waals surface area contributed by atoms with Gasteiger partial charge in [0.2, 0.25) is 0 Å². The molecule has 1 aromatic carbocycles. The molecule has 1 atom stereocenters. The quantitative estimate of drug-likeness (QED) is 0.881. The fourth-order valence-corrected chi connectivity index (χ4v) is 2.32. The van der Waals surface area contributed by atoms with Crippen LogP contribution < -0.4 is 5.32 Å². The van der Waals surface area contributed by atoms with E-state index in [0.717, 1.165) is 24.4 Å². The van der Waals surface area contributed by atoms with Gasteiger partial charge in [-0.2, -0.15) is 4.98 Å². The van der Waals surface area contributed by atoms with Crippen molar-refractivity contribution in [2.24, 2.45) is 0 Å². The van der Waals surface area contributed by atoms with Crippen molar-refractivity contribution in [3.05, 3.63) is 36.2 Å². The molecule has 2 heterocycles. The lowest BCUT2D eigenvalue weighted by Crippen LogP contribution is -2.21. The monoisotopic (exact) mass is 243 g/mol. The summed E-state index contributed by atoms with van der Waals surface area (Å²) in [4.78, 5) is 4.51. The molecule has 1 aromatic heterocycles. The highest BCUT2D eigenvalue weighted by atomic mass is 16.5. The summed E-state index contributed by atoms with van der Waals surface area (Å²) in [6.45, 7) is 1.04. The second-order valence-corrected chi connectivity index (χ2v) is 4.68. The second kappa shape index (κ2) is 5.31. The molecule has 0 radical (unpaired) electrons. The fraction of sp³-hybridized carbons (Fsp3) is 0.429. The molecule has 1 aliphatic heterocycles. The lowest BCUT2D eigenvalue weighted by atomic mass is 10.1. The van der Waals surface area contributed by atoms with Gasteiger partial charge < -0.3 is 9.84 Å². The lowest BCUT2D eigenvalue weighted by Gasteiger charge is -2.09. The third-order valence-corrected chi connectivity index (χ3v) is 3.33. The zero-order valence-electron chi connectivity index (χ0n) is 10.3. The molecule has 1 aliphatic rings. The minimum Gasteiger partial charge on any atom is -0.334 e. The topological polar surface area (TPSA) is 51.0 Å². The van der Waals surface area contributed by atoms with Crippen molar-refractivity contribution < 1.29 is 4.52 Å². The van der Waals surface area contributed by atoms with E-state index < -0.39 is 0 Å². The van der Waals surface area contributed by atoms with Crippen LogP contribution in [0.15, 0.2) is 34.9 Å². The Morgan fingerprint density at radius 3 is 2.89 bits per heavy atom. The van der Waals surface area contributed by atoms with Crippen LogP contribution in [0.3, 0.4) is 0 Å². The average Bonchev–Trinajstić information content (AvgIpc) is 2.76. The second-order valence-electron chi connectivity index (χ2n) is 4.68. The Hall–Kier alpha value is -1.68. The van der Waals surface area contributed by atoms with Crippen LogP contribution in [-0.2, 0) is 0 Å². The van der Waals surface area contributed by atoms with Crippen molar-refractivity contribution in [1.29, 1.82) is 0 Å². The molecule has 4 heteroatoms. The van der Waals surface area contributed by atoms with E-state index in [1.54, 1.807) is 0 Å². The van der Waals surface area contributed by atoms with E-state index in [2.05, 4.69) is 15.5 Å². The minimum absolute atomic E-state index is 0.244. The molecule has 1 N–H and O–H groups in total. The summed E-state index contributed by atoms with van der Waals surface area (Å²) in [6, 6.07) is 10.1. The number of hydrogen-bond acceptors (Lipinski definition) is 4. The Bertz CT molecular complexity index is 487. The Balaban J connectivity index is 1.80. The Labute approximate surface area is 106 Å². The van der Waals surface area contributed by atoms with Gasteiger partial charge in [-0.05, 0) is 31.5 Å². The first-order valence-corrected chi connectivity index (χ1v) is 6.56. The van der Waals surface area contributed by atoms with Crippen molar-refractivity contribution in [2.45, 2.75) is 31.7 Å². The van der Waals surface area contributed by atoms with E-state index >= 15 is 0 Å². The first-order chi connectivity index (χ1) is 8.93. The molecule has 18 heavy (non-hydrogen) atoms. The van der Waals surface area contributed by atoms with Crippen molar-refractivity contribution in [3.63, 3.8) is 0 Å². The van der Waals surface area contributed by atoms with Gasteiger partial charge in [0, 0.05) is 5.56 Å². The fourth-order valence-electron chi connectivity index (χ4n) is 2.32. The maximum absolute atomic E-state index is 5.34. The van der Waals surface area contributed by atoms with Gasteiger partial charge in [0.25, 0.3) is 5.89 Å². The minimum atomic E-state index is 0.244. The molecule has 3 rings (SSSR count). The van der Waals surface area contributed by atoms with E-state index in [-0.39, 0.29) is 6.04 Å². The lowest BCUT2D eigenvalue weighted by molar-refractivity contribution is 0.402. The van der Waals surface area contributed by atoms with E-state index in [9.17, 15) is 0 Å². The molecule has 0 saturated carbocycles.